The van der Waals surface area contributed by atoms with Crippen molar-refractivity contribution in [2.75, 3.05) is 13.1 Å². The number of phenolic OH excluding ortho intramolecular Hbond substituents is 2. The van der Waals surface area contributed by atoms with Crippen LogP contribution in [0.4, 0.5) is 0 Å². The number of hydrogen-bond acceptors (Lipinski definition) is 4. The molecule has 0 bridgehead atoms. The Hall–Kier alpha value is -1.26. The normalized spacial score (nSPS) is 27.4. The Morgan fingerprint density at radius 1 is 1.16 bits per heavy atom. The van der Waals surface area contributed by atoms with Gasteiger partial charge in [0.15, 0.2) is 11.5 Å². The zero-order valence-electron chi connectivity index (χ0n) is 11.2. The fourth-order valence-electron chi connectivity index (χ4n) is 3.45. The largest absolute Gasteiger partial charge is 0.504 e. The van der Waals surface area contributed by atoms with Gasteiger partial charge in [0, 0.05) is 30.7 Å². The molecule has 0 saturated carbocycles. The van der Waals surface area contributed by atoms with Crippen molar-refractivity contribution in [3.05, 3.63) is 23.8 Å². The van der Waals surface area contributed by atoms with Gasteiger partial charge in [-0.25, -0.2) is 0 Å². The lowest BCUT2D eigenvalue weighted by Crippen LogP contribution is -2.44. The average Bonchev–Trinajstić information content (AvgIpc) is 2.84. The molecule has 4 heteroatoms. The molecule has 2 fully saturated rings. The van der Waals surface area contributed by atoms with Crippen LogP contribution in [0.3, 0.4) is 0 Å². The maximum atomic E-state index is 9.80. The maximum Gasteiger partial charge on any atom is 0.161 e. The van der Waals surface area contributed by atoms with Gasteiger partial charge in [-0.2, -0.15) is 0 Å². The molecule has 2 atom stereocenters. The molecule has 3 rings (SSSR count). The smallest absolute Gasteiger partial charge is 0.161 e. The molecule has 3 N–H and O–H groups in total. The van der Waals surface area contributed by atoms with Gasteiger partial charge in [-0.1, -0.05) is 18.6 Å². The van der Waals surface area contributed by atoms with Crippen molar-refractivity contribution in [3.8, 4) is 11.5 Å². The third kappa shape index (κ3) is 2.55. The Morgan fingerprint density at radius 3 is 2.95 bits per heavy atom. The standard InChI is InChI=1S/C15H22N2O2/c18-14-6-3-4-11(15(14)19)10-16-12-7-9-17-8-2-1-5-13(12)17/h3-4,6,12-13,16,18-19H,1-2,5,7-10H2. The van der Waals surface area contributed by atoms with Gasteiger partial charge in [-0.15, -0.1) is 0 Å². The van der Waals surface area contributed by atoms with E-state index in [0.29, 0.717) is 18.6 Å². The summed E-state index contributed by atoms with van der Waals surface area (Å²) in [4.78, 5) is 2.59. The van der Waals surface area contributed by atoms with Gasteiger partial charge in [0.05, 0.1) is 0 Å². The molecule has 2 aliphatic heterocycles. The molecule has 0 aliphatic carbocycles. The van der Waals surface area contributed by atoms with Gasteiger partial charge in [0.2, 0.25) is 0 Å². The summed E-state index contributed by atoms with van der Waals surface area (Å²) in [5.41, 5.74) is 0.772. The fraction of sp³-hybridized carbons (Fsp3) is 0.600. The molecule has 1 aromatic rings. The number of para-hydroxylation sites is 1. The number of nitrogens with zero attached hydrogens (tertiary/aromatic N) is 1. The van der Waals surface area contributed by atoms with Crippen molar-refractivity contribution in [2.45, 2.75) is 44.3 Å². The van der Waals surface area contributed by atoms with Crippen molar-refractivity contribution in [1.82, 2.24) is 10.2 Å². The summed E-state index contributed by atoms with van der Waals surface area (Å²) < 4.78 is 0. The van der Waals surface area contributed by atoms with E-state index in [9.17, 15) is 10.2 Å². The second kappa shape index (κ2) is 5.39. The summed E-state index contributed by atoms with van der Waals surface area (Å²) in [5.74, 6) is -0.0292. The SMILES string of the molecule is Oc1cccc(CNC2CCN3CCCCC23)c1O. The van der Waals surface area contributed by atoms with Crippen molar-refractivity contribution in [2.24, 2.45) is 0 Å². The van der Waals surface area contributed by atoms with Crippen LogP contribution in [-0.2, 0) is 6.54 Å². The number of rotatable bonds is 3. The highest BCUT2D eigenvalue weighted by molar-refractivity contribution is 5.44. The average molecular weight is 262 g/mol. The lowest BCUT2D eigenvalue weighted by molar-refractivity contribution is 0.180. The minimum Gasteiger partial charge on any atom is -0.504 e. The molecule has 0 spiro atoms. The van der Waals surface area contributed by atoms with Crippen molar-refractivity contribution in [1.29, 1.82) is 0 Å². The van der Waals surface area contributed by atoms with E-state index < -0.39 is 0 Å². The second-order valence-corrected chi connectivity index (χ2v) is 5.66. The first-order valence-corrected chi connectivity index (χ1v) is 7.23. The van der Waals surface area contributed by atoms with Crippen LogP contribution in [0.2, 0.25) is 0 Å². The highest BCUT2D eigenvalue weighted by Gasteiger charge is 2.34. The first-order valence-electron chi connectivity index (χ1n) is 7.23. The summed E-state index contributed by atoms with van der Waals surface area (Å²) in [6.45, 7) is 3.05. The third-order valence-corrected chi connectivity index (χ3v) is 4.51. The van der Waals surface area contributed by atoms with E-state index in [2.05, 4.69) is 10.2 Å². The van der Waals surface area contributed by atoms with Gasteiger partial charge in [-0.05, 0) is 31.9 Å². The number of piperidine rings is 1. The minimum atomic E-state index is -0.0370. The molecule has 4 nitrogen and oxygen atoms in total. The summed E-state index contributed by atoms with van der Waals surface area (Å²) in [7, 11) is 0. The van der Waals surface area contributed by atoms with Crippen molar-refractivity contribution in [3.63, 3.8) is 0 Å². The molecule has 2 saturated heterocycles. The van der Waals surface area contributed by atoms with Gasteiger partial charge in [-0.3, -0.25) is 4.90 Å². The van der Waals surface area contributed by atoms with Crippen molar-refractivity contribution < 1.29 is 10.2 Å². The summed E-state index contributed by atoms with van der Waals surface area (Å²) in [6, 6.07) is 6.32. The van der Waals surface area contributed by atoms with E-state index in [-0.39, 0.29) is 11.5 Å². The van der Waals surface area contributed by atoms with E-state index in [1.807, 2.05) is 6.07 Å². The number of phenols is 2. The Bertz CT molecular complexity index is 450. The predicted octanol–water partition coefficient (Wildman–Crippen LogP) is 1.81. The van der Waals surface area contributed by atoms with E-state index in [4.69, 9.17) is 0 Å². The lowest BCUT2D eigenvalue weighted by Gasteiger charge is -2.32. The molecule has 2 unspecified atom stereocenters. The molecule has 2 heterocycles. The van der Waals surface area contributed by atoms with Gasteiger partial charge < -0.3 is 15.5 Å². The second-order valence-electron chi connectivity index (χ2n) is 5.66. The molecule has 0 radical (unpaired) electrons. The quantitative estimate of drug-likeness (QED) is 0.727. The molecule has 2 aliphatic rings. The molecule has 0 amide bonds. The predicted molar refractivity (Wildman–Crippen MR) is 74.2 cm³/mol. The van der Waals surface area contributed by atoms with Gasteiger partial charge in [0.1, 0.15) is 0 Å². The zero-order chi connectivity index (χ0) is 13.2. The van der Waals surface area contributed by atoms with Crippen LogP contribution in [0.1, 0.15) is 31.2 Å². The lowest BCUT2D eigenvalue weighted by atomic mass is 9.99. The molecular formula is C15H22N2O2. The first-order chi connectivity index (χ1) is 9.25. The molecule has 104 valence electrons. The molecule has 0 aromatic heterocycles. The minimum absolute atomic E-state index is 0.00787. The number of benzene rings is 1. The molecule has 19 heavy (non-hydrogen) atoms. The summed E-state index contributed by atoms with van der Waals surface area (Å²) in [6.07, 6.45) is 5.13. The van der Waals surface area contributed by atoms with E-state index in [1.54, 1.807) is 6.07 Å². The number of hydrogen-bond donors (Lipinski definition) is 3. The van der Waals surface area contributed by atoms with Crippen LogP contribution in [0, 0.1) is 0 Å². The highest BCUT2D eigenvalue weighted by atomic mass is 16.3. The topological polar surface area (TPSA) is 55.7 Å². The summed E-state index contributed by atoms with van der Waals surface area (Å²) >= 11 is 0. The molecular weight excluding hydrogens is 240 g/mol. The van der Waals surface area contributed by atoms with Gasteiger partial charge >= 0.3 is 0 Å². The van der Waals surface area contributed by atoms with E-state index in [0.717, 1.165) is 5.56 Å². The number of fused-ring (bicyclic) bond motifs is 1. The van der Waals surface area contributed by atoms with Crippen LogP contribution in [0.15, 0.2) is 18.2 Å². The first kappa shape index (κ1) is 12.8. The van der Waals surface area contributed by atoms with Crippen molar-refractivity contribution >= 4 is 0 Å². The Kier molecular flexibility index (Phi) is 3.62. The molecule has 1 aromatic carbocycles. The van der Waals surface area contributed by atoms with Crippen LogP contribution < -0.4 is 5.32 Å². The fourth-order valence-corrected chi connectivity index (χ4v) is 3.45. The summed E-state index contributed by atoms with van der Waals surface area (Å²) in [5, 5.41) is 22.8. The Balaban J connectivity index is 1.62. The highest BCUT2D eigenvalue weighted by Crippen LogP contribution is 2.30. The van der Waals surface area contributed by atoms with E-state index >= 15 is 0 Å². The number of aromatic hydroxyl groups is 2. The van der Waals surface area contributed by atoms with Crippen LogP contribution >= 0.6 is 0 Å². The van der Waals surface area contributed by atoms with Gasteiger partial charge in [0.25, 0.3) is 0 Å². The Morgan fingerprint density at radius 2 is 2.05 bits per heavy atom. The van der Waals surface area contributed by atoms with Crippen LogP contribution in [0.25, 0.3) is 0 Å². The van der Waals surface area contributed by atoms with E-state index in [1.165, 1.54) is 44.8 Å². The third-order valence-electron chi connectivity index (χ3n) is 4.51. The maximum absolute atomic E-state index is 9.80. The number of nitrogens with one attached hydrogen (secondary N) is 1. The zero-order valence-corrected chi connectivity index (χ0v) is 11.2. The monoisotopic (exact) mass is 262 g/mol. The Labute approximate surface area is 114 Å². The van der Waals surface area contributed by atoms with Crippen LogP contribution in [-0.4, -0.2) is 40.3 Å². The van der Waals surface area contributed by atoms with Crippen LogP contribution in [0.5, 0.6) is 11.5 Å².